The standard InChI is InChI=1S/C15H22N2O3S/c1-21(19,20)12-13-7-6-8-14(11-13)16-15(18)17-9-4-2-3-5-10-17/h6-8,11H,2-5,9-10,12H2,1H3,(H,16,18). The van der Waals surface area contributed by atoms with Crippen molar-refractivity contribution in [3.05, 3.63) is 29.8 Å². The van der Waals surface area contributed by atoms with Crippen LogP contribution in [-0.4, -0.2) is 38.7 Å². The van der Waals surface area contributed by atoms with E-state index >= 15 is 0 Å². The molecule has 1 saturated heterocycles. The highest BCUT2D eigenvalue weighted by Crippen LogP contribution is 2.15. The Morgan fingerprint density at radius 3 is 2.48 bits per heavy atom. The van der Waals surface area contributed by atoms with Crippen LogP contribution in [0.15, 0.2) is 24.3 Å². The molecule has 21 heavy (non-hydrogen) atoms. The molecule has 1 aliphatic rings. The van der Waals surface area contributed by atoms with E-state index in [9.17, 15) is 13.2 Å². The summed E-state index contributed by atoms with van der Waals surface area (Å²) in [6.07, 6.45) is 5.64. The minimum Gasteiger partial charge on any atom is -0.325 e. The van der Waals surface area contributed by atoms with Gasteiger partial charge < -0.3 is 10.2 Å². The maximum atomic E-state index is 12.2. The molecule has 2 amide bonds. The van der Waals surface area contributed by atoms with E-state index in [2.05, 4.69) is 5.32 Å². The van der Waals surface area contributed by atoms with E-state index in [-0.39, 0.29) is 11.8 Å². The SMILES string of the molecule is CS(=O)(=O)Cc1cccc(NC(=O)N2CCCCCC2)c1. The molecule has 0 aliphatic carbocycles. The Kier molecular flexibility index (Phi) is 5.22. The number of sulfone groups is 1. The van der Waals surface area contributed by atoms with Crippen LogP contribution in [0, 0.1) is 0 Å². The summed E-state index contributed by atoms with van der Waals surface area (Å²) in [6.45, 7) is 1.57. The predicted octanol–water partition coefficient (Wildman–Crippen LogP) is 2.64. The number of nitrogens with zero attached hydrogens (tertiary/aromatic N) is 1. The van der Waals surface area contributed by atoms with E-state index in [0.717, 1.165) is 25.9 Å². The molecule has 1 fully saturated rings. The third kappa shape index (κ3) is 5.38. The summed E-state index contributed by atoms with van der Waals surface area (Å²) in [6, 6.07) is 6.91. The fourth-order valence-corrected chi connectivity index (χ4v) is 3.30. The highest BCUT2D eigenvalue weighted by Gasteiger charge is 2.15. The molecule has 1 aromatic carbocycles. The van der Waals surface area contributed by atoms with Crippen molar-refractivity contribution in [3.63, 3.8) is 0 Å². The monoisotopic (exact) mass is 310 g/mol. The number of benzene rings is 1. The van der Waals surface area contributed by atoms with Gasteiger partial charge in [-0.25, -0.2) is 13.2 Å². The average Bonchev–Trinajstić information content (AvgIpc) is 2.65. The molecule has 0 unspecified atom stereocenters. The van der Waals surface area contributed by atoms with Crippen molar-refractivity contribution in [2.75, 3.05) is 24.7 Å². The summed E-state index contributed by atoms with van der Waals surface area (Å²) in [5, 5.41) is 2.86. The van der Waals surface area contributed by atoms with Gasteiger partial charge in [0.2, 0.25) is 0 Å². The topological polar surface area (TPSA) is 66.5 Å². The maximum absolute atomic E-state index is 12.2. The van der Waals surface area contributed by atoms with Gasteiger partial charge in [-0.3, -0.25) is 0 Å². The number of amides is 2. The maximum Gasteiger partial charge on any atom is 0.321 e. The molecule has 1 N–H and O–H groups in total. The molecule has 1 aromatic rings. The van der Waals surface area contributed by atoms with Crippen molar-refractivity contribution < 1.29 is 13.2 Å². The zero-order chi connectivity index (χ0) is 15.3. The van der Waals surface area contributed by atoms with Gasteiger partial charge in [0.25, 0.3) is 0 Å². The molecule has 1 aliphatic heterocycles. The molecule has 0 aromatic heterocycles. The van der Waals surface area contributed by atoms with Crippen LogP contribution >= 0.6 is 0 Å². The molecule has 0 bridgehead atoms. The van der Waals surface area contributed by atoms with Gasteiger partial charge in [-0.1, -0.05) is 25.0 Å². The zero-order valence-electron chi connectivity index (χ0n) is 12.3. The molecule has 0 spiro atoms. The third-order valence-electron chi connectivity index (χ3n) is 3.50. The fraction of sp³-hybridized carbons (Fsp3) is 0.533. The highest BCUT2D eigenvalue weighted by molar-refractivity contribution is 7.89. The van der Waals surface area contributed by atoms with E-state index in [4.69, 9.17) is 0 Å². The first-order valence-electron chi connectivity index (χ1n) is 7.27. The number of anilines is 1. The summed E-state index contributed by atoms with van der Waals surface area (Å²) in [5.41, 5.74) is 1.33. The zero-order valence-corrected chi connectivity index (χ0v) is 13.2. The Morgan fingerprint density at radius 1 is 1.19 bits per heavy atom. The van der Waals surface area contributed by atoms with E-state index in [0.29, 0.717) is 11.3 Å². The van der Waals surface area contributed by atoms with Crippen LogP contribution in [0.2, 0.25) is 0 Å². The number of nitrogens with one attached hydrogen (secondary N) is 1. The quantitative estimate of drug-likeness (QED) is 0.933. The van der Waals surface area contributed by atoms with Gasteiger partial charge in [0.1, 0.15) is 0 Å². The first kappa shape index (κ1) is 15.8. The van der Waals surface area contributed by atoms with Crippen molar-refractivity contribution in [2.24, 2.45) is 0 Å². The number of rotatable bonds is 3. The van der Waals surface area contributed by atoms with Crippen LogP contribution in [-0.2, 0) is 15.6 Å². The molecule has 6 heteroatoms. The average molecular weight is 310 g/mol. The summed E-state index contributed by atoms with van der Waals surface area (Å²) in [7, 11) is -3.07. The van der Waals surface area contributed by atoms with Crippen molar-refractivity contribution >= 4 is 21.6 Å². The number of likely N-dealkylation sites (tertiary alicyclic amines) is 1. The van der Waals surface area contributed by atoms with E-state index in [1.165, 1.54) is 19.1 Å². The third-order valence-corrected chi connectivity index (χ3v) is 4.36. The van der Waals surface area contributed by atoms with Crippen LogP contribution in [0.3, 0.4) is 0 Å². The van der Waals surface area contributed by atoms with Crippen molar-refractivity contribution in [2.45, 2.75) is 31.4 Å². The van der Waals surface area contributed by atoms with Gasteiger partial charge in [0.15, 0.2) is 9.84 Å². The minimum absolute atomic E-state index is 0.0135. The largest absolute Gasteiger partial charge is 0.325 e. The lowest BCUT2D eigenvalue weighted by molar-refractivity contribution is 0.214. The lowest BCUT2D eigenvalue weighted by Gasteiger charge is -2.21. The minimum atomic E-state index is -3.07. The number of carbonyl (C=O) groups is 1. The van der Waals surface area contributed by atoms with Gasteiger partial charge in [0, 0.05) is 25.0 Å². The Bertz CT molecular complexity index is 591. The normalized spacial score (nSPS) is 16.3. The molecular weight excluding hydrogens is 288 g/mol. The van der Waals surface area contributed by atoms with Crippen LogP contribution in [0.4, 0.5) is 10.5 Å². The number of hydrogen-bond donors (Lipinski definition) is 1. The Morgan fingerprint density at radius 2 is 1.86 bits per heavy atom. The summed E-state index contributed by atoms with van der Waals surface area (Å²) in [4.78, 5) is 14.0. The number of hydrogen-bond acceptors (Lipinski definition) is 3. The molecule has 1 heterocycles. The smallest absolute Gasteiger partial charge is 0.321 e. The first-order chi connectivity index (χ1) is 9.94. The van der Waals surface area contributed by atoms with Crippen molar-refractivity contribution in [3.8, 4) is 0 Å². The number of carbonyl (C=O) groups excluding carboxylic acids is 1. The van der Waals surface area contributed by atoms with Crippen molar-refractivity contribution in [1.29, 1.82) is 0 Å². The lowest BCUT2D eigenvalue weighted by Crippen LogP contribution is -2.35. The molecule has 0 saturated carbocycles. The molecule has 116 valence electrons. The van der Waals surface area contributed by atoms with Gasteiger partial charge >= 0.3 is 6.03 Å². The molecule has 2 rings (SSSR count). The molecule has 0 atom stereocenters. The Balaban J connectivity index is 2.01. The van der Waals surface area contributed by atoms with Gasteiger partial charge in [-0.05, 0) is 30.5 Å². The summed E-state index contributed by atoms with van der Waals surface area (Å²) < 4.78 is 22.6. The van der Waals surface area contributed by atoms with Crippen molar-refractivity contribution in [1.82, 2.24) is 4.90 Å². The van der Waals surface area contributed by atoms with Crippen LogP contribution in [0.5, 0.6) is 0 Å². The van der Waals surface area contributed by atoms with Gasteiger partial charge in [0.05, 0.1) is 5.75 Å². The second kappa shape index (κ2) is 6.93. The first-order valence-corrected chi connectivity index (χ1v) is 9.33. The van der Waals surface area contributed by atoms with Gasteiger partial charge in [-0.2, -0.15) is 0 Å². The summed E-state index contributed by atoms with van der Waals surface area (Å²) >= 11 is 0. The second-order valence-corrected chi connectivity index (χ2v) is 7.74. The highest BCUT2D eigenvalue weighted by atomic mass is 32.2. The van der Waals surface area contributed by atoms with Gasteiger partial charge in [-0.15, -0.1) is 0 Å². The van der Waals surface area contributed by atoms with Crippen LogP contribution in [0.1, 0.15) is 31.2 Å². The Hall–Kier alpha value is -1.56. The van der Waals surface area contributed by atoms with Crippen LogP contribution in [0.25, 0.3) is 0 Å². The molecule has 0 radical (unpaired) electrons. The van der Waals surface area contributed by atoms with E-state index < -0.39 is 9.84 Å². The second-order valence-electron chi connectivity index (χ2n) is 5.60. The number of urea groups is 1. The molecule has 5 nitrogen and oxygen atoms in total. The van der Waals surface area contributed by atoms with Crippen LogP contribution < -0.4 is 5.32 Å². The summed E-state index contributed by atoms with van der Waals surface area (Å²) in [5.74, 6) is -0.0135. The van der Waals surface area contributed by atoms with E-state index in [1.807, 2.05) is 4.90 Å². The fourth-order valence-electron chi connectivity index (χ4n) is 2.52. The Labute approximate surface area is 126 Å². The molecular formula is C15H22N2O3S. The van der Waals surface area contributed by atoms with E-state index in [1.54, 1.807) is 24.3 Å². The predicted molar refractivity (Wildman–Crippen MR) is 84.0 cm³/mol. The lowest BCUT2D eigenvalue weighted by atomic mass is 10.2.